The van der Waals surface area contributed by atoms with Crippen LogP contribution < -0.4 is 30.2 Å². The van der Waals surface area contributed by atoms with E-state index in [9.17, 15) is 14.4 Å². The highest BCUT2D eigenvalue weighted by molar-refractivity contribution is 6.05. The van der Waals surface area contributed by atoms with Gasteiger partial charge in [0.25, 0.3) is 5.91 Å². The summed E-state index contributed by atoms with van der Waals surface area (Å²) in [6.07, 6.45) is -0.110. The van der Waals surface area contributed by atoms with Crippen molar-refractivity contribution < 1.29 is 28.6 Å². The Bertz CT molecular complexity index is 647. The molecular weight excluding hydrogens is 306 g/mol. The van der Waals surface area contributed by atoms with Gasteiger partial charge in [0.2, 0.25) is 12.7 Å². The zero-order chi connectivity index (χ0) is 16.2. The van der Waals surface area contributed by atoms with Gasteiger partial charge in [-0.3, -0.25) is 14.9 Å². The van der Waals surface area contributed by atoms with E-state index in [1.165, 1.54) is 0 Å². The van der Waals surface area contributed by atoms with Crippen LogP contribution in [0.15, 0.2) is 18.2 Å². The maximum Gasteiger partial charge on any atom is 0.322 e. The first-order valence-corrected chi connectivity index (χ1v) is 7.02. The Morgan fingerprint density at radius 3 is 2.91 bits per heavy atom. The molecule has 1 saturated heterocycles. The summed E-state index contributed by atoms with van der Waals surface area (Å²) in [4.78, 5) is 33.9. The summed E-state index contributed by atoms with van der Waals surface area (Å²) in [5.74, 6) is 1.05. The summed E-state index contributed by atoms with van der Waals surface area (Å²) in [5, 5.41) is 7.04. The van der Waals surface area contributed by atoms with Crippen LogP contribution in [0.4, 0.5) is 4.79 Å². The minimum Gasteiger partial charge on any atom is -0.492 e. The number of ether oxygens (including phenoxy) is 3. The number of hydrogen-bond acceptors (Lipinski definition) is 6. The highest BCUT2D eigenvalue weighted by Crippen LogP contribution is 2.34. The minimum atomic E-state index is -0.822. The van der Waals surface area contributed by atoms with Crippen molar-refractivity contribution in [2.24, 2.45) is 0 Å². The lowest BCUT2D eigenvalue weighted by Crippen LogP contribution is -2.37. The molecule has 0 bridgehead atoms. The summed E-state index contributed by atoms with van der Waals surface area (Å²) in [6.45, 7) is 0.726. The van der Waals surface area contributed by atoms with Crippen molar-refractivity contribution in [2.75, 3.05) is 19.9 Å². The average Bonchev–Trinajstić information content (AvgIpc) is 3.09. The molecule has 0 saturated carbocycles. The van der Waals surface area contributed by atoms with Gasteiger partial charge in [-0.25, -0.2) is 4.79 Å². The van der Waals surface area contributed by atoms with E-state index in [-0.39, 0.29) is 32.3 Å². The Morgan fingerprint density at radius 2 is 2.13 bits per heavy atom. The zero-order valence-corrected chi connectivity index (χ0v) is 12.1. The van der Waals surface area contributed by atoms with Gasteiger partial charge in [-0.15, -0.1) is 0 Å². The van der Waals surface area contributed by atoms with Gasteiger partial charge in [0.05, 0.1) is 13.0 Å². The molecule has 9 heteroatoms. The number of imide groups is 1. The lowest BCUT2D eigenvalue weighted by Gasteiger charge is -2.10. The van der Waals surface area contributed by atoms with Crippen LogP contribution in [-0.4, -0.2) is 43.8 Å². The third-order valence-corrected chi connectivity index (χ3v) is 3.29. The first-order valence-electron chi connectivity index (χ1n) is 7.02. The van der Waals surface area contributed by atoms with Crippen LogP contribution >= 0.6 is 0 Å². The number of carbonyl (C=O) groups excluding carboxylic acids is 3. The first-order chi connectivity index (χ1) is 11.1. The topological polar surface area (TPSA) is 115 Å². The van der Waals surface area contributed by atoms with Crippen molar-refractivity contribution >= 4 is 17.8 Å². The van der Waals surface area contributed by atoms with E-state index >= 15 is 0 Å². The third kappa shape index (κ3) is 3.62. The van der Waals surface area contributed by atoms with Crippen molar-refractivity contribution in [2.45, 2.75) is 12.5 Å². The van der Waals surface area contributed by atoms with Crippen LogP contribution in [0.5, 0.6) is 17.2 Å². The molecule has 9 nitrogen and oxygen atoms in total. The molecule has 0 unspecified atom stereocenters. The summed E-state index contributed by atoms with van der Waals surface area (Å²) < 4.78 is 15.9. The van der Waals surface area contributed by atoms with E-state index in [0.29, 0.717) is 17.2 Å². The monoisotopic (exact) mass is 321 g/mol. The number of rotatable bonds is 6. The standard InChI is InChI=1S/C14H15N3O6/c18-12(6-9-13(19)17-14(20)16-9)15-3-4-21-8-1-2-10-11(5-8)23-7-22-10/h1-2,5,9H,3-4,6-7H2,(H,15,18)(H2,16,17,19,20)/t9-/m0/s1. The number of carbonyl (C=O) groups is 3. The second-order valence-corrected chi connectivity index (χ2v) is 4.93. The number of amides is 4. The van der Waals surface area contributed by atoms with E-state index in [4.69, 9.17) is 14.2 Å². The quantitative estimate of drug-likeness (QED) is 0.481. The van der Waals surface area contributed by atoms with Crippen LogP contribution in [0.25, 0.3) is 0 Å². The smallest absolute Gasteiger partial charge is 0.322 e. The van der Waals surface area contributed by atoms with Gasteiger partial charge < -0.3 is 24.8 Å². The number of hydrogen-bond donors (Lipinski definition) is 3. The molecule has 1 atom stereocenters. The third-order valence-electron chi connectivity index (χ3n) is 3.29. The number of urea groups is 1. The summed E-state index contributed by atoms with van der Waals surface area (Å²) in [7, 11) is 0. The molecule has 1 aromatic carbocycles. The summed E-state index contributed by atoms with van der Waals surface area (Å²) >= 11 is 0. The van der Waals surface area contributed by atoms with Crippen molar-refractivity contribution in [1.29, 1.82) is 0 Å². The molecule has 0 aromatic heterocycles. The van der Waals surface area contributed by atoms with E-state index in [0.717, 1.165) is 0 Å². The van der Waals surface area contributed by atoms with Gasteiger partial charge in [-0.05, 0) is 12.1 Å². The van der Waals surface area contributed by atoms with Crippen molar-refractivity contribution in [1.82, 2.24) is 16.0 Å². The highest BCUT2D eigenvalue weighted by atomic mass is 16.7. The van der Waals surface area contributed by atoms with Gasteiger partial charge in [0.15, 0.2) is 11.5 Å². The molecule has 0 radical (unpaired) electrons. The Hall–Kier alpha value is -2.97. The molecule has 1 fully saturated rings. The van der Waals surface area contributed by atoms with E-state index < -0.39 is 18.0 Å². The molecule has 122 valence electrons. The predicted molar refractivity (Wildman–Crippen MR) is 76.1 cm³/mol. The molecule has 0 aliphatic carbocycles. The molecule has 4 amide bonds. The normalized spacial score (nSPS) is 18.3. The number of benzene rings is 1. The molecule has 3 rings (SSSR count). The average molecular weight is 321 g/mol. The fourth-order valence-corrected chi connectivity index (χ4v) is 2.19. The van der Waals surface area contributed by atoms with Crippen molar-refractivity contribution in [3.05, 3.63) is 18.2 Å². The second-order valence-electron chi connectivity index (χ2n) is 4.93. The Balaban J connectivity index is 1.37. The predicted octanol–water partition coefficient (Wildman–Crippen LogP) is -0.492. The molecule has 1 aromatic rings. The maximum atomic E-state index is 11.7. The number of nitrogens with one attached hydrogen (secondary N) is 3. The van der Waals surface area contributed by atoms with Crippen LogP contribution in [0.2, 0.25) is 0 Å². The van der Waals surface area contributed by atoms with Gasteiger partial charge in [0.1, 0.15) is 18.4 Å². The van der Waals surface area contributed by atoms with E-state index in [1.807, 2.05) is 0 Å². The highest BCUT2D eigenvalue weighted by Gasteiger charge is 2.31. The second kappa shape index (κ2) is 6.42. The van der Waals surface area contributed by atoms with Crippen LogP contribution in [0.3, 0.4) is 0 Å². The SMILES string of the molecule is O=C(C[C@@H]1NC(=O)NC1=O)NCCOc1ccc2c(c1)OCO2. The Labute approximate surface area is 131 Å². The molecule has 2 aliphatic rings. The molecule has 0 spiro atoms. The maximum absolute atomic E-state index is 11.7. The van der Waals surface area contributed by atoms with Crippen molar-refractivity contribution in [3.8, 4) is 17.2 Å². The fourth-order valence-electron chi connectivity index (χ4n) is 2.19. The van der Waals surface area contributed by atoms with E-state index in [1.54, 1.807) is 18.2 Å². The largest absolute Gasteiger partial charge is 0.492 e. The van der Waals surface area contributed by atoms with Crippen LogP contribution in [-0.2, 0) is 9.59 Å². The summed E-state index contributed by atoms with van der Waals surface area (Å²) in [6, 6.07) is 3.80. The lowest BCUT2D eigenvalue weighted by atomic mass is 10.2. The van der Waals surface area contributed by atoms with Crippen LogP contribution in [0, 0.1) is 0 Å². The Morgan fingerprint density at radius 1 is 1.30 bits per heavy atom. The van der Waals surface area contributed by atoms with Gasteiger partial charge in [-0.1, -0.05) is 0 Å². The van der Waals surface area contributed by atoms with Gasteiger partial charge in [0, 0.05) is 6.07 Å². The molecule has 2 heterocycles. The molecule has 3 N–H and O–H groups in total. The van der Waals surface area contributed by atoms with Gasteiger partial charge >= 0.3 is 6.03 Å². The number of fused-ring (bicyclic) bond motifs is 1. The molecule has 2 aliphatic heterocycles. The van der Waals surface area contributed by atoms with Gasteiger partial charge in [-0.2, -0.15) is 0 Å². The van der Waals surface area contributed by atoms with Crippen molar-refractivity contribution in [3.63, 3.8) is 0 Å². The Kier molecular flexibility index (Phi) is 4.18. The zero-order valence-electron chi connectivity index (χ0n) is 12.1. The van der Waals surface area contributed by atoms with E-state index in [2.05, 4.69) is 16.0 Å². The van der Waals surface area contributed by atoms with Crippen LogP contribution in [0.1, 0.15) is 6.42 Å². The molecular formula is C14H15N3O6. The molecule has 23 heavy (non-hydrogen) atoms. The lowest BCUT2D eigenvalue weighted by molar-refractivity contribution is -0.126. The fraction of sp³-hybridized carbons (Fsp3) is 0.357. The first kappa shape index (κ1) is 14.9. The minimum absolute atomic E-state index is 0.110. The summed E-state index contributed by atoms with van der Waals surface area (Å²) in [5.41, 5.74) is 0.